The molecule has 1 aliphatic heterocycles. The first-order valence-corrected chi connectivity index (χ1v) is 14.5. The summed E-state index contributed by atoms with van der Waals surface area (Å²) in [5.74, 6) is -1.51. The van der Waals surface area contributed by atoms with E-state index in [2.05, 4.69) is 30.9 Å². The van der Waals surface area contributed by atoms with Crippen LogP contribution in [0.3, 0.4) is 0 Å². The Morgan fingerprint density at radius 3 is 2.45 bits per heavy atom. The highest BCUT2D eigenvalue weighted by molar-refractivity contribution is 6.00. The van der Waals surface area contributed by atoms with Crippen molar-refractivity contribution in [3.63, 3.8) is 0 Å². The molecule has 228 valence electrons. The van der Waals surface area contributed by atoms with Gasteiger partial charge < -0.3 is 26.0 Å². The first-order chi connectivity index (χ1) is 21.3. The van der Waals surface area contributed by atoms with Crippen LogP contribution in [-0.2, 0) is 17.8 Å². The second kappa shape index (κ2) is 13.9. The number of carbonyl (C=O) groups is 2. The van der Waals surface area contributed by atoms with Crippen molar-refractivity contribution in [1.82, 2.24) is 25.0 Å². The van der Waals surface area contributed by atoms with Crippen LogP contribution in [0, 0.1) is 5.82 Å². The molecule has 1 saturated heterocycles. The zero-order valence-corrected chi connectivity index (χ0v) is 24.3. The van der Waals surface area contributed by atoms with Crippen LogP contribution in [0.4, 0.5) is 20.6 Å². The van der Waals surface area contributed by atoms with Crippen molar-refractivity contribution in [3.05, 3.63) is 88.7 Å². The van der Waals surface area contributed by atoms with E-state index in [1.165, 1.54) is 23.6 Å². The normalized spacial score (nSPS) is 13.0. The molecule has 12 heteroatoms. The van der Waals surface area contributed by atoms with Gasteiger partial charge in [0.25, 0.3) is 5.56 Å². The van der Waals surface area contributed by atoms with Gasteiger partial charge >= 0.3 is 6.03 Å². The summed E-state index contributed by atoms with van der Waals surface area (Å²) in [5.41, 5.74) is 2.71. The molecule has 11 nitrogen and oxygen atoms in total. The summed E-state index contributed by atoms with van der Waals surface area (Å²) in [5, 5.41) is 22.0. The Hall–Kier alpha value is -5.10. The number of hydrogen-bond donors (Lipinski definition) is 4. The minimum absolute atomic E-state index is 0.0212. The molecule has 2 aromatic heterocycles. The van der Waals surface area contributed by atoms with Gasteiger partial charge in [-0.1, -0.05) is 42.5 Å². The van der Waals surface area contributed by atoms with Crippen LogP contribution in [0.1, 0.15) is 25.3 Å². The minimum Gasteiger partial charge on any atom is -0.504 e. The molecule has 0 bridgehead atoms. The molecule has 1 aliphatic rings. The predicted molar refractivity (Wildman–Crippen MR) is 166 cm³/mol. The van der Waals surface area contributed by atoms with E-state index in [-0.39, 0.29) is 24.6 Å². The Morgan fingerprint density at radius 2 is 1.70 bits per heavy atom. The van der Waals surface area contributed by atoms with Gasteiger partial charge in [0.1, 0.15) is 11.4 Å². The van der Waals surface area contributed by atoms with Gasteiger partial charge in [-0.25, -0.2) is 13.9 Å². The lowest BCUT2D eigenvalue weighted by atomic mass is 9.99. The molecule has 4 aromatic rings. The van der Waals surface area contributed by atoms with E-state index >= 15 is 0 Å². The third-order valence-electron chi connectivity index (χ3n) is 7.37. The fraction of sp³-hybridized carbons (Fsp3) is 0.281. The second-order valence-corrected chi connectivity index (χ2v) is 10.5. The third kappa shape index (κ3) is 7.45. The number of aromatic nitrogens is 3. The maximum atomic E-state index is 14.0. The number of nitrogens with one attached hydrogen (secondary N) is 3. The molecule has 0 saturated carbocycles. The van der Waals surface area contributed by atoms with Crippen LogP contribution in [0.5, 0.6) is 5.75 Å². The molecular formula is C32H34FN7O4. The number of hydrogen-bond acceptors (Lipinski definition) is 7. The van der Waals surface area contributed by atoms with Gasteiger partial charge in [0.15, 0.2) is 11.6 Å². The van der Waals surface area contributed by atoms with Gasteiger partial charge in [0.05, 0.1) is 24.5 Å². The number of aryl methyl sites for hydroxylation is 1. The predicted octanol–water partition coefficient (Wildman–Crippen LogP) is 4.24. The first kappa shape index (κ1) is 30.4. The smallest absolute Gasteiger partial charge is 0.324 e. The van der Waals surface area contributed by atoms with E-state index < -0.39 is 28.8 Å². The molecule has 0 unspecified atom stereocenters. The van der Waals surface area contributed by atoms with Crippen LogP contribution in [0.25, 0.3) is 22.4 Å². The van der Waals surface area contributed by atoms with Crippen LogP contribution in [0.2, 0.25) is 0 Å². The minimum atomic E-state index is -0.930. The van der Waals surface area contributed by atoms with Crippen molar-refractivity contribution < 1.29 is 19.1 Å². The Kier molecular flexibility index (Phi) is 9.60. The largest absolute Gasteiger partial charge is 0.504 e. The Labute approximate surface area is 253 Å². The average molecular weight is 600 g/mol. The van der Waals surface area contributed by atoms with Gasteiger partial charge in [-0.05, 0) is 61.7 Å². The fourth-order valence-corrected chi connectivity index (χ4v) is 5.13. The monoisotopic (exact) mass is 599 g/mol. The lowest BCUT2D eigenvalue weighted by Gasteiger charge is -2.14. The van der Waals surface area contributed by atoms with E-state index in [1.54, 1.807) is 6.92 Å². The molecule has 4 N–H and O–H groups in total. The highest BCUT2D eigenvalue weighted by Gasteiger charge is 2.16. The number of anilines is 2. The van der Waals surface area contributed by atoms with Crippen LogP contribution in [0.15, 0.2) is 71.8 Å². The van der Waals surface area contributed by atoms with E-state index in [1.807, 2.05) is 48.5 Å². The molecule has 1 fully saturated rings. The number of pyridine rings is 1. The lowest BCUT2D eigenvalue weighted by molar-refractivity contribution is -0.120. The van der Waals surface area contributed by atoms with E-state index in [9.17, 15) is 23.9 Å². The highest BCUT2D eigenvalue weighted by Crippen LogP contribution is 2.28. The van der Waals surface area contributed by atoms with Gasteiger partial charge in [0.2, 0.25) is 5.91 Å². The summed E-state index contributed by atoms with van der Waals surface area (Å²) in [6.07, 6.45) is 4.54. The number of nitrogens with zero attached hydrogens (tertiary/aromatic N) is 4. The number of amides is 3. The topological polar surface area (TPSA) is 141 Å². The number of likely N-dealkylation sites (tertiary alicyclic amines) is 1. The zero-order chi connectivity index (χ0) is 31.1. The number of urea groups is 1. The van der Waals surface area contributed by atoms with Crippen LogP contribution < -0.4 is 21.5 Å². The SMILES string of the molecule is CCn1nc(-c2cccc(-c3cccc(CC(=O)NCCN4CCCC4)c3)c2)cc(NC(=O)Nc2c(O)cncc2F)c1=O. The molecule has 3 heterocycles. The second-order valence-electron chi connectivity index (χ2n) is 10.5. The Balaban J connectivity index is 1.32. The van der Waals surface area contributed by atoms with Gasteiger partial charge in [0, 0.05) is 25.2 Å². The van der Waals surface area contributed by atoms with Crippen molar-refractivity contribution in [2.24, 2.45) is 0 Å². The molecule has 2 aromatic carbocycles. The van der Waals surface area contributed by atoms with E-state index in [4.69, 9.17) is 0 Å². The van der Waals surface area contributed by atoms with Crippen molar-refractivity contribution in [2.45, 2.75) is 32.7 Å². The third-order valence-corrected chi connectivity index (χ3v) is 7.37. The lowest BCUT2D eigenvalue weighted by Crippen LogP contribution is -2.34. The van der Waals surface area contributed by atoms with Crippen molar-refractivity contribution in [1.29, 1.82) is 0 Å². The maximum absolute atomic E-state index is 14.0. The molecule has 0 aliphatic carbocycles. The fourth-order valence-electron chi connectivity index (χ4n) is 5.13. The first-order valence-electron chi connectivity index (χ1n) is 14.5. The summed E-state index contributed by atoms with van der Waals surface area (Å²) in [6, 6.07) is 15.8. The number of benzene rings is 2. The van der Waals surface area contributed by atoms with Crippen molar-refractivity contribution >= 4 is 23.3 Å². The number of halogens is 1. The summed E-state index contributed by atoms with van der Waals surface area (Å²) in [6.45, 7) is 5.68. The molecule has 0 spiro atoms. The van der Waals surface area contributed by atoms with Gasteiger partial charge in [-0.2, -0.15) is 5.10 Å². The molecule has 3 amide bonds. The molecular weight excluding hydrogens is 565 g/mol. The maximum Gasteiger partial charge on any atom is 0.324 e. The zero-order valence-electron chi connectivity index (χ0n) is 24.3. The highest BCUT2D eigenvalue weighted by atomic mass is 19.1. The number of carbonyl (C=O) groups excluding carboxylic acids is 2. The van der Waals surface area contributed by atoms with Crippen molar-refractivity contribution in [3.8, 4) is 28.1 Å². The molecule has 0 radical (unpaired) electrons. The van der Waals surface area contributed by atoms with Crippen LogP contribution in [-0.4, -0.2) is 62.9 Å². The van der Waals surface area contributed by atoms with Gasteiger partial charge in [-0.3, -0.25) is 14.6 Å². The molecule has 0 atom stereocenters. The van der Waals surface area contributed by atoms with Gasteiger partial charge in [-0.15, -0.1) is 0 Å². The number of rotatable bonds is 10. The van der Waals surface area contributed by atoms with E-state index in [0.29, 0.717) is 17.8 Å². The average Bonchev–Trinajstić information content (AvgIpc) is 3.54. The van der Waals surface area contributed by atoms with E-state index in [0.717, 1.165) is 48.7 Å². The van der Waals surface area contributed by atoms with Crippen molar-refractivity contribution in [2.75, 3.05) is 36.8 Å². The Bertz CT molecular complexity index is 1700. The molecule has 44 heavy (non-hydrogen) atoms. The summed E-state index contributed by atoms with van der Waals surface area (Å²) in [7, 11) is 0. The quantitative estimate of drug-likeness (QED) is 0.214. The standard InChI is InChI=1S/C32H34FN7O4/c1-2-40-31(43)27(36-32(44)37-30-25(33)19-34-20-28(30)41)18-26(38-40)24-10-6-9-23(17-24)22-8-5-7-21(15-22)16-29(42)35-11-14-39-12-3-4-13-39/h5-10,15,17-20,41H,2-4,11-14,16H2,1H3,(H,35,42)(H2,34,36,37,44). The summed E-state index contributed by atoms with van der Waals surface area (Å²) in [4.78, 5) is 44.0. The number of aromatic hydroxyl groups is 1. The summed E-state index contributed by atoms with van der Waals surface area (Å²) >= 11 is 0. The molecule has 5 rings (SSSR count). The van der Waals surface area contributed by atoms with Crippen LogP contribution >= 0.6 is 0 Å². The Morgan fingerprint density at radius 1 is 0.977 bits per heavy atom. The summed E-state index contributed by atoms with van der Waals surface area (Å²) < 4.78 is 15.3.